The molecule has 9 heteroatoms. The summed E-state index contributed by atoms with van der Waals surface area (Å²) >= 11 is 0. The molecule has 0 fully saturated rings. The third-order valence-corrected chi connectivity index (χ3v) is 7.16. The van der Waals surface area contributed by atoms with E-state index in [1.807, 2.05) is 41.5 Å². The van der Waals surface area contributed by atoms with Crippen LogP contribution in [0.2, 0.25) is 0 Å². The molecule has 1 rings (SSSR count). The van der Waals surface area contributed by atoms with Crippen molar-refractivity contribution in [2.24, 2.45) is 29.4 Å². The fourth-order valence-electron chi connectivity index (χ4n) is 3.58. The molecule has 0 bridgehead atoms. The van der Waals surface area contributed by atoms with Gasteiger partial charge in [-0.1, -0.05) is 67.4 Å². The molecule has 0 radical (unpaired) electrons. The van der Waals surface area contributed by atoms with Crippen LogP contribution in [0.1, 0.15) is 86.1 Å². The molecule has 2 N–H and O–H groups in total. The molecule has 0 aromatic heterocycles. The Morgan fingerprint density at radius 1 is 0.872 bits per heavy atom. The van der Waals surface area contributed by atoms with E-state index in [1.54, 1.807) is 13.0 Å². The molecule has 0 spiro atoms. The Hall–Kier alpha value is -2.94. The van der Waals surface area contributed by atoms with Crippen LogP contribution < -0.4 is 15.2 Å². The van der Waals surface area contributed by atoms with E-state index < -0.39 is 23.4 Å². The number of nitrogens with two attached hydrogens (primary N) is 1. The Kier molecular flexibility index (Phi) is 14.2. The highest BCUT2D eigenvalue weighted by molar-refractivity contribution is 5.81. The normalized spacial score (nSPS) is 15.0. The second-order valence-electron chi connectivity index (χ2n) is 10.9. The van der Waals surface area contributed by atoms with Crippen LogP contribution in [0.15, 0.2) is 18.2 Å². The molecule has 4 atom stereocenters. The third kappa shape index (κ3) is 11.4. The molecule has 3 unspecified atom stereocenters. The standard InChI is InChI=1S/C30H47NO8/c1-9-20(5)15-26(32)38-24-12-11-23(17-25(24)39-27(33)16-21(6)10-2)18-30(31,29(35)36-8)13-14-37-28(34)22(7)19(3)4/h11-12,17,19-22H,9-10,13-16,18,31H2,1-8H3/t20?,21?,22-,30?/m0/s1. The summed E-state index contributed by atoms with van der Waals surface area (Å²) in [5, 5.41) is 0. The molecule has 39 heavy (non-hydrogen) atoms. The van der Waals surface area contributed by atoms with Gasteiger partial charge in [0.25, 0.3) is 0 Å². The van der Waals surface area contributed by atoms with Gasteiger partial charge in [-0.2, -0.15) is 0 Å². The number of benzene rings is 1. The smallest absolute Gasteiger partial charge is 0.326 e. The van der Waals surface area contributed by atoms with Gasteiger partial charge in [0.1, 0.15) is 5.54 Å². The number of esters is 4. The van der Waals surface area contributed by atoms with Gasteiger partial charge in [0.2, 0.25) is 0 Å². The van der Waals surface area contributed by atoms with Crippen LogP contribution >= 0.6 is 0 Å². The highest BCUT2D eigenvalue weighted by atomic mass is 16.6. The van der Waals surface area contributed by atoms with Crippen LogP contribution in [-0.4, -0.2) is 43.1 Å². The second kappa shape index (κ2) is 16.2. The average Bonchev–Trinajstić information content (AvgIpc) is 2.88. The van der Waals surface area contributed by atoms with Crippen molar-refractivity contribution in [3.8, 4) is 11.5 Å². The number of hydrogen-bond acceptors (Lipinski definition) is 9. The summed E-state index contributed by atoms with van der Waals surface area (Å²) in [4.78, 5) is 50.0. The van der Waals surface area contributed by atoms with Crippen molar-refractivity contribution in [1.82, 2.24) is 0 Å². The average molecular weight is 550 g/mol. The molecule has 1 aromatic rings. The summed E-state index contributed by atoms with van der Waals surface area (Å²) in [5.74, 6) is -1.66. The maximum absolute atomic E-state index is 12.7. The van der Waals surface area contributed by atoms with E-state index in [0.717, 1.165) is 12.8 Å². The van der Waals surface area contributed by atoms with Crippen LogP contribution in [0.5, 0.6) is 11.5 Å². The minimum Gasteiger partial charge on any atom is -0.468 e. The number of methoxy groups -OCH3 is 1. The number of carbonyl (C=O) groups excluding carboxylic acids is 4. The third-order valence-electron chi connectivity index (χ3n) is 7.16. The van der Waals surface area contributed by atoms with Crippen LogP contribution in [0.3, 0.4) is 0 Å². The molecule has 1 aromatic carbocycles. The predicted molar refractivity (Wildman–Crippen MR) is 148 cm³/mol. The molecule has 0 heterocycles. The summed E-state index contributed by atoms with van der Waals surface area (Å²) in [6.45, 7) is 13.4. The van der Waals surface area contributed by atoms with E-state index in [-0.39, 0.29) is 73.4 Å². The first-order valence-electron chi connectivity index (χ1n) is 13.8. The lowest BCUT2D eigenvalue weighted by Gasteiger charge is -2.27. The first-order valence-corrected chi connectivity index (χ1v) is 13.8. The number of hydrogen-bond donors (Lipinski definition) is 1. The minimum atomic E-state index is -1.51. The summed E-state index contributed by atoms with van der Waals surface area (Å²) in [7, 11) is 1.23. The summed E-state index contributed by atoms with van der Waals surface area (Å²) in [5.41, 5.74) is 5.51. The highest BCUT2D eigenvalue weighted by Crippen LogP contribution is 2.32. The van der Waals surface area contributed by atoms with E-state index in [0.29, 0.717) is 5.56 Å². The van der Waals surface area contributed by atoms with Gasteiger partial charge in [-0.3, -0.25) is 19.2 Å². The van der Waals surface area contributed by atoms with E-state index in [2.05, 4.69) is 0 Å². The van der Waals surface area contributed by atoms with Crippen molar-refractivity contribution in [1.29, 1.82) is 0 Å². The zero-order valence-corrected chi connectivity index (χ0v) is 24.8. The molecular formula is C30H47NO8. The van der Waals surface area contributed by atoms with E-state index >= 15 is 0 Å². The number of carbonyl (C=O) groups is 4. The number of ether oxygens (including phenoxy) is 4. The highest BCUT2D eigenvalue weighted by Gasteiger charge is 2.36. The van der Waals surface area contributed by atoms with Crippen LogP contribution in [-0.2, 0) is 35.1 Å². The van der Waals surface area contributed by atoms with E-state index in [9.17, 15) is 19.2 Å². The molecule has 0 amide bonds. The van der Waals surface area contributed by atoms with Crippen molar-refractivity contribution < 1.29 is 38.1 Å². The summed E-state index contributed by atoms with van der Waals surface area (Å²) in [6, 6.07) is 4.71. The number of rotatable bonds is 16. The Bertz CT molecular complexity index is 976. The fourth-order valence-corrected chi connectivity index (χ4v) is 3.58. The zero-order valence-electron chi connectivity index (χ0n) is 24.8. The van der Waals surface area contributed by atoms with E-state index in [4.69, 9.17) is 24.7 Å². The summed E-state index contributed by atoms with van der Waals surface area (Å²) < 4.78 is 21.5. The lowest BCUT2D eigenvalue weighted by atomic mass is 9.88. The van der Waals surface area contributed by atoms with Gasteiger partial charge < -0.3 is 24.7 Å². The molecule has 0 saturated heterocycles. The van der Waals surface area contributed by atoms with Gasteiger partial charge in [-0.25, -0.2) is 0 Å². The topological polar surface area (TPSA) is 131 Å². The van der Waals surface area contributed by atoms with Crippen molar-refractivity contribution in [2.45, 2.75) is 92.5 Å². The van der Waals surface area contributed by atoms with Crippen LogP contribution in [0.25, 0.3) is 0 Å². The summed E-state index contributed by atoms with van der Waals surface area (Å²) in [6.07, 6.45) is 2.08. The van der Waals surface area contributed by atoms with Crippen molar-refractivity contribution in [3.63, 3.8) is 0 Å². The molecule has 0 aliphatic heterocycles. The molecular weight excluding hydrogens is 502 g/mol. The van der Waals surface area contributed by atoms with Gasteiger partial charge >= 0.3 is 23.9 Å². The molecule has 220 valence electrons. The van der Waals surface area contributed by atoms with Gasteiger partial charge in [0.15, 0.2) is 11.5 Å². The Labute approximate surface area is 233 Å². The van der Waals surface area contributed by atoms with Crippen molar-refractivity contribution >= 4 is 23.9 Å². The van der Waals surface area contributed by atoms with Crippen molar-refractivity contribution in [2.75, 3.05) is 13.7 Å². The predicted octanol–water partition coefficient (Wildman–Crippen LogP) is 5.01. The lowest BCUT2D eigenvalue weighted by Crippen LogP contribution is -2.51. The monoisotopic (exact) mass is 549 g/mol. The van der Waals surface area contributed by atoms with Gasteiger partial charge in [-0.15, -0.1) is 0 Å². The maximum atomic E-state index is 12.7. The van der Waals surface area contributed by atoms with Crippen LogP contribution in [0, 0.1) is 23.7 Å². The Balaban J connectivity index is 3.20. The first-order chi connectivity index (χ1) is 18.3. The molecule has 0 aliphatic rings. The fraction of sp³-hybridized carbons (Fsp3) is 0.667. The quantitative estimate of drug-likeness (QED) is 0.223. The molecule has 9 nitrogen and oxygen atoms in total. The maximum Gasteiger partial charge on any atom is 0.326 e. The lowest BCUT2D eigenvalue weighted by molar-refractivity contribution is -0.153. The SMILES string of the molecule is CCC(C)CC(=O)Oc1ccc(CC(N)(CCOC(=O)[C@@H](C)C(C)C)C(=O)OC)cc1OC(=O)CC(C)CC. The Morgan fingerprint density at radius 2 is 1.41 bits per heavy atom. The second-order valence-corrected chi connectivity index (χ2v) is 10.9. The molecule has 0 saturated carbocycles. The zero-order chi connectivity index (χ0) is 29.8. The minimum absolute atomic E-state index is 0.00790. The van der Waals surface area contributed by atoms with Crippen molar-refractivity contribution in [3.05, 3.63) is 23.8 Å². The van der Waals surface area contributed by atoms with Gasteiger partial charge in [0, 0.05) is 25.7 Å². The van der Waals surface area contributed by atoms with E-state index in [1.165, 1.54) is 19.2 Å². The Morgan fingerprint density at radius 3 is 1.90 bits per heavy atom. The molecule has 0 aliphatic carbocycles. The first kappa shape index (κ1) is 34.1. The largest absolute Gasteiger partial charge is 0.468 e. The van der Waals surface area contributed by atoms with Gasteiger partial charge in [-0.05, 0) is 35.4 Å². The van der Waals surface area contributed by atoms with Crippen LogP contribution in [0.4, 0.5) is 0 Å². The van der Waals surface area contributed by atoms with Gasteiger partial charge in [0.05, 0.1) is 19.6 Å².